The molecule has 2 fully saturated rings. The molecular formula is C22H31N5O. The maximum Gasteiger partial charge on any atom is 0.273 e. The van der Waals surface area contributed by atoms with Gasteiger partial charge >= 0.3 is 0 Å². The predicted molar refractivity (Wildman–Crippen MR) is 109 cm³/mol. The topological polar surface area (TPSA) is 71.8 Å². The van der Waals surface area contributed by atoms with Crippen LogP contribution in [-0.2, 0) is 5.41 Å². The zero-order valence-corrected chi connectivity index (χ0v) is 16.8. The zero-order chi connectivity index (χ0) is 19.4. The van der Waals surface area contributed by atoms with E-state index in [0.717, 1.165) is 38.8 Å². The SMILES string of the molecule is Cc1cccc(C2(CNC(=O)c3cn(C4CCNCC4)nn3)CCCCC2)c1. The molecule has 1 saturated heterocycles. The van der Waals surface area contributed by atoms with Gasteiger partial charge in [-0.2, -0.15) is 0 Å². The number of carbonyl (C=O) groups is 1. The van der Waals surface area contributed by atoms with Crippen LogP contribution in [0, 0.1) is 6.92 Å². The van der Waals surface area contributed by atoms with Gasteiger partial charge in [0.05, 0.1) is 12.2 Å². The number of nitrogens with one attached hydrogen (secondary N) is 2. The number of aryl methyl sites for hydroxylation is 1. The molecule has 2 N–H and O–H groups in total. The van der Waals surface area contributed by atoms with Gasteiger partial charge in [0.1, 0.15) is 0 Å². The molecule has 2 aromatic rings. The number of rotatable bonds is 5. The highest BCUT2D eigenvalue weighted by Gasteiger charge is 2.34. The molecule has 0 radical (unpaired) electrons. The van der Waals surface area contributed by atoms with Crippen LogP contribution in [-0.4, -0.2) is 40.5 Å². The fourth-order valence-electron chi connectivity index (χ4n) is 4.74. The first kappa shape index (κ1) is 19.1. The molecule has 0 unspecified atom stereocenters. The Hall–Kier alpha value is -2.21. The lowest BCUT2D eigenvalue weighted by Gasteiger charge is -2.38. The Morgan fingerprint density at radius 3 is 2.79 bits per heavy atom. The van der Waals surface area contributed by atoms with Crippen LogP contribution in [0.1, 0.15) is 72.6 Å². The molecule has 0 atom stereocenters. The number of hydrogen-bond acceptors (Lipinski definition) is 4. The molecule has 1 aromatic heterocycles. The van der Waals surface area contributed by atoms with Crippen molar-refractivity contribution in [3.8, 4) is 0 Å². The van der Waals surface area contributed by atoms with Crippen molar-refractivity contribution < 1.29 is 4.79 Å². The van der Waals surface area contributed by atoms with Crippen LogP contribution in [0.4, 0.5) is 0 Å². The fourth-order valence-corrected chi connectivity index (χ4v) is 4.74. The minimum atomic E-state index is -0.113. The maximum atomic E-state index is 12.8. The van der Waals surface area contributed by atoms with Crippen LogP contribution < -0.4 is 10.6 Å². The quantitative estimate of drug-likeness (QED) is 0.835. The Balaban J connectivity index is 1.45. The second-order valence-corrected chi connectivity index (χ2v) is 8.46. The summed E-state index contributed by atoms with van der Waals surface area (Å²) in [6, 6.07) is 9.11. The van der Waals surface area contributed by atoms with E-state index in [0.29, 0.717) is 18.3 Å². The molecule has 2 heterocycles. The number of benzene rings is 1. The van der Waals surface area contributed by atoms with Crippen molar-refractivity contribution in [1.29, 1.82) is 0 Å². The summed E-state index contributed by atoms with van der Waals surface area (Å²) in [6.07, 6.45) is 9.84. The van der Waals surface area contributed by atoms with Crippen LogP contribution >= 0.6 is 0 Å². The van der Waals surface area contributed by atoms with E-state index in [1.807, 2.05) is 10.9 Å². The van der Waals surface area contributed by atoms with E-state index in [4.69, 9.17) is 0 Å². The highest BCUT2D eigenvalue weighted by molar-refractivity contribution is 5.91. The number of nitrogens with zero attached hydrogens (tertiary/aromatic N) is 3. The van der Waals surface area contributed by atoms with Crippen molar-refractivity contribution in [3.05, 3.63) is 47.3 Å². The van der Waals surface area contributed by atoms with Crippen molar-refractivity contribution in [2.75, 3.05) is 19.6 Å². The molecule has 6 heteroatoms. The lowest BCUT2D eigenvalue weighted by molar-refractivity contribution is 0.0931. The van der Waals surface area contributed by atoms with E-state index < -0.39 is 0 Å². The van der Waals surface area contributed by atoms with Gasteiger partial charge in [-0.15, -0.1) is 5.10 Å². The first-order valence-corrected chi connectivity index (χ1v) is 10.6. The summed E-state index contributed by atoms with van der Waals surface area (Å²) in [5.41, 5.74) is 3.09. The Morgan fingerprint density at radius 2 is 2.04 bits per heavy atom. The number of piperidine rings is 1. The Bertz CT molecular complexity index is 803. The van der Waals surface area contributed by atoms with Crippen molar-refractivity contribution in [1.82, 2.24) is 25.6 Å². The molecule has 150 valence electrons. The summed E-state index contributed by atoms with van der Waals surface area (Å²) in [5, 5.41) is 14.9. The van der Waals surface area contributed by atoms with E-state index >= 15 is 0 Å². The van der Waals surface area contributed by atoms with E-state index in [2.05, 4.69) is 52.1 Å². The molecule has 1 aromatic carbocycles. The molecule has 28 heavy (non-hydrogen) atoms. The van der Waals surface area contributed by atoms with Gasteiger partial charge in [-0.1, -0.05) is 54.3 Å². The van der Waals surface area contributed by atoms with Crippen LogP contribution in [0.5, 0.6) is 0 Å². The largest absolute Gasteiger partial charge is 0.350 e. The molecule has 1 aliphatic heterocycles. The molecule has 0 spiro atoms. The summed E-state index contributed by atoms with van der Waals surface area (Å²) >= 11 is 0. The normalized spacial score (nSPS) is 20.0. The molecule has 1 aliphatic carbocycles. The van der Waals surface area contributed by atoms with Crippen molar-refractivity contribution in [2.45, 2.75) is 63.3 Å². The average Bonchev–Trinajstić information content (AvgIpc) is 3.24. The molecule has 0 bridgehead atoms. The first-order valence-electron chi connectivity index (χ1n) is 10.6. The summed E-state index contributed by atoms with van der Waals surface area (Å²) < 4.78 is 1.87. The molecule has 2 aliphatic rings. The summed E-state index contributed by atoms with van der Waals surface area (Å²) in [4.78, 5) is 12.8. The van der Waals surface area contributed by atoms with Gasteiger partial charge in [0.2, 0.25) is 0 Å². The van der Waals surface area contributed by atoms with Gasteiger partial charge in [0.15, 0.2) is 5.69 Å². The van der Waals surface area contributed by atoms with Crippen molar-refractivity contribution >= 4 is 5.91 Å². The number of aromatic nitrogens is 3. The fraction of sp³-hybridized carbons (Fsp3) is 0.591. The van der Waals surface area contributed by atoms with E-state index in [-0.39, 0.29) is 11.3 Å². The monoisotopic (exact) mass is 381 g/mol. The highest BCUT2D eigenvalue weighted by Crippen LogP contribution is 2.39. The molecule has 6 nitrogen and oxygen atoms in total. The molecular weight excluding hydrogens is 350 g/mol. The number of amides is 1. The summed E-state index contributed by atoms with van der Waals surface area (Å²) in [5.74, 6) is -0.113. The van der Waals surface area contributed by atoms with Gasteiger partial charge in [-0.3, -0.25) is 4.79 Å². The Morgan fingerprint density at radius 1 is 1.25 bits per heavy atom. The third kappa shape index (κ3) is 4.12. The van der Waals surface area contributed by atoms with Crippen molar-refractivity contribution in [3.63, 3.8) is 0 Å². The van der Waals surface area contributed by atoms with Crippen LogP contribution in [0.25, 0.3) is 0 Å². The van der Waals surface area contributed by atoms with E-state index in [1.54, 1.807) is 0 Å². The average molecular weight is 382 g/mol. The Labute approximate surface area is 167 Å². The predicted octanol–water partition coefficient (Wildman–Crippen LogP) is 3.14. The van der Waals surface area contributed by atoms with E-state index in [1.165, 1.54) is 30.4 Å². The second-order valence-electron chi connectivity index (χ2n) is 8.46. The van der Waals surface area contributed by atoms with E-state index in [9.17, 15) is 4.79 Å². The Kier molecular flexibility index (Phi) is 5.76. The number of carbonyl (C=O) groups excluding carboxylic acids is 1. The van der Waals surface area contributed by atoms with Gasteiger partial charge in [-0.05, 0) is 51.3 Å². The lowest BCUT2D eigenvalue weighted by atomic mass is 9.69. The summed E-state index contributed by atoms with van der Waals surface area (Å²) in [6.45, 7) is 4.78. The molecule has 4 rings (SSSR count). The lowest BCUT2D eigenvalue weighted by Crippen LogP contribution is -2.42. The third-order valence-corrected chi connectivity index (χ3v) is 6.45. The zero-order valence-electron chi connectivity index (χ0n) is 16.8. The van der Waals surface area contributed by atoms with Gasteiger partial charge in [0.25, 0.3) is 5.91 Å². The van der Waals surface area contributed by atoms with Crippen LogP contribution in [0.3, 0.4) is 0 Å². The third-order valence-electron chi connectivity index (χ3n) is 6.45. The van der Waals surface area contributed by atoms with Gasteiger partial charge in [-0.25, -0.2) is 4.68 Å². The number of hydrogen-bond donors (Lipinski definition) is 2. The molecule has 1 amide bonds. The van der Waals surface area contributed by atoms with Gasteiger partial charge in [0, 0.05) is 12.0 Å². The molecule has 1 saturated carbocycles. The standard InChI is InChI=1S/C22H31N5O/c1-17-6-5-7-18(14-17)22(10-3-2-4-11-22)16-24-21(28)20-15-27(26-25-20)19-8-12-23-13-9-19/h5-7,14-15,19,23H,2-4,8-13,16H2,1H3,(H,24,28). The minimum Gasteiger partial charge on any atom is -0.350 e. The maximum absolute atomic E-state index is 12.8. The highest BCUT2D eigenvalue weighted by atomic mass is 16.2. The van der Waals surface area contributed by atoms with Crippen LogP contribution in [0.2, 0.25) is 0 Å². The summed E-state index contributed by atoms with van der Waals surface area (Å²) in [7, 11) is 0. The van der Waals surface area contributed by atoms with Crippen LogP contribution in [0.15, 0.2) is 30.5 Å². The van der Waals surface area contributed by atoms with Gasteiger partial charge < -0.3 is 10.6 Å². The minimum absolute atomic E-state index is 0.0327. The second kappa shape index (κ2) is 8.43. The van der Waals surface area contributed by atoms with Crippen molar-refractivity contribution in [2.24, 2.45) is 0 Å². The first-order chi connectivity index (χ1) is 13.7. The smallest absolute Gasteiger partial charge is 0.273 e.